The van der Waals surface area contributed by atoms with Crippen LogP contribution in [0.25, 0.3) is 0 Å². The van der Waals surface area contributed by atoms with Gasteiger partial charge >= 0.3 is 0 Å². The summed E-state index contributed by atoms with van der Waals surface area (Å²) in [5.41, 5.74) is 0.277. The van der Waals surface area contributed by atoms with Crippen LogP contribution in [0.15, 0.2) is 0 Å². The molecule has 2 heteroatoms. The van der Waals surface area contributed by atoms with Crippen molar-refractivity contribution in [2.45, 2.75) is 50.9 Å². The van der Waals surface area contributed by atoms with Crippen molar-refractivity contribution in [3.8, 4) is 0 Å². The van der Waals surface area contributed by atoms with Gasteiger partial charge in [0.25, 0.3) is 0 Å². The minimum absolute atomic E-state index is 0.277. The molecule has 2 fully saturated rings. The van der Waals surface area contributed by atoms with Crippen LogP contribution in [0.3, 0.4) is 0 Å². The molecule has 0 amide bonds. The predicted octanol–water partition coefficient (Wildman–Crippen LogP) is 1.73. The fraction of sp³-hybridized carbons (Fsp3) is 1.00. The molecule has 1 aliphatic heterocycles. The van der Waals surface area contributed by atoms with Gasteiger partial charge in [-0.3, -0.25) is 0 Å². The molecular formula is C9H16O2. The summed E-state index contributed by atoms with van der Waals surface area (Å²) in [6, 6.07) is 0. The fourth-order valence-electron chi connectivity index (χ4n) is 1.76. The van der Waals surface area contributed by atoms with E-state index in [0.717, 1.165) is 13.0 Å². The number of hydrogen-bond donors (Lipinski definition) is 0. The quantitative estimate of drug-likeness (QED) is 0.606. The van der Waals surface area contributed by atoms with Crippen molar-refractivity contribution in [2.75, 3.05) is 6.61 Å². The van der Waals surface area contributed by atoms with E-state index in [4.69, 9.17) is 9.47 Å². The maximum Gasteiger partial charge on any atom is 0.0839 e. The van der Waals surface area contributed by atoms with Crippen LogP contribution in [0.1, 0.15) is 33.1 Å². The van der Waals surface area contributed by atoms with E-state index >= 15 is 0 Å². The van der Waals surface area contributed by atoms with Gasteiger partial charge in [0.1, 0.15) is 0 Å². The molecule has 1 saturated carbocycles. The molecule has 1 saturated heterocycles. The van der Waals surface area contributed by atoms with E-state index in [2.05, 4.69) is 13.8 Å². The molecule has 0 aromatic heterocycles. The smallest absolute Gasteiger partial charge is 0.0839 e. The summed E-state index contributed by atoms with van der Waals surface area (Å²) in [4.78, 5) is 0. The summed E-state index contributed by atoms with van der Waals surface area (Å²) in [5.74, 6) is 0. The third-order valence-corrected chi connectivity index (χ3v) is 2.45. The summed E-state index contributed by atoms with van der Waals surface area (Å²) in [7, 11) is 0. The van der Waals surface area contributed by atoms with Crippen LogP contribution >= 0.6 is 0 Å². The van der Waals surface area contributed by atoms with Gasteiger partial charge in [0.2, 0.25) is 0 Å². The van der Waals surface area contributed by atoms with Gasteiger partial charge < -0.3 is 9.47 Å². The van der Waals surface area contributed by atoms with Crippen LogP contribution in [-0.2, 0) is 9.47 Å². The van der Waals surface area contributed by atoms with Crippen molar-refractivity contribution in [3.05, 3.63) is 0 Å². The van der Waals surface area contributed by atoms with Gasteiger partial charge in [0, 0.05) is 6.42 Å². The second-order valence-electron chi connectivity index (χ2n) is 4.00. The molecule has 11 heavy (non-hydrogen) atoms. The normalized spacial score (nSPS) is 33.5. The Morgan fingerprint density at radius 3 is 2.64 bits per heavy atom. The van der Waals surface area contributed by atoms with E-state index in [1.54, 1.807) is 0 Å². The Morgan fingerprint density at radius 1 is 1.45 bits per heavy atom. The fourth-order valence-corrected chi connectivity index (χ4v) is 1.76. The maximum absolute atomic E-state index is 5.66. The largest absolute Gasteiger partial charge is 0.373 e. The minimum atomic E-state index is 0.277. The van der Waals surface area contributed by atoms with E-state index < -0.39 is 0 Å². The average Bonchev–Trinajstić information content (AvgIpc) is 2.51. The molecule has 0 N–H and O–H groups in total. The number of hydrogen-bond acceptors (Lipinski definition) is 2. The summed E-state index contributed by atoms with van der Waals surface area (Å²) < 4.78 is 11.3. The number of ether oxygens (including phenoxy) is 2. The Morgan fingerprint density at radius 2 is 2.18 bits per heavy atom. The standard InChI is InChI=1S/C9H16O2/c1-7(2)11-8-5-9(3-4-9)10-6-8/h7-8H,3-6H2,1-2H3. The van der Waals surface area contributed by atoms with Crippen molar-refractivity contribution < 1.29 is 9.47 Å². The highest BCUT2D eigenvalue weighted by Crippen LogP contribution is 2.48. The van der Waals surface area contributed by atoms with E-state index in [1.807, 2.05) is 0 Å². The molecule has 1 unspecified atom stereocenters. The molecule has 0 aromatic carbocycles. The summed E-state index contributed by atoms with van der Waals surface area (Å²) in [6.07, 6.45) is 4.36. The monoisotopic (exact) mass is 156 g/mol. The van der Waals surface area contributed by atoms with Crippen molar-refractivity contribution in [1.29, 1.82) is 0 Å². The zero-order valence-electron chi connectivity index (χ0n) is 7.30. The van der Waals surface area contributed by atoms with Crippen molar-refractivity contribution >= 4 is 0 Å². The zero-order chi connectivity index (χ0) is 7.90. The van der Waals surface area contributed by atoms with E-state index in [0.29, 0.717) is 12.2 Å². The highest BCUT2D eigenvalue weighted by molar-refractivity contribution is 5.01. The van der Waals surface area contributed by atoms with Gasteiger partial charge in [0.05, 0.1) is 24.4 Å². The Bertz CT molecular complexity index is 150. The first-order valence-corrected chi connectivity index (χ1v) is 4.50. The molecule has 1 atom stereocenters. The first kappa shape index (κ1) is 7.56. The SMILES string of the molecule is CC(C)OC1COC2(CC2)C1. The lowest BCUT2D eigenvalue weighted by Crippen LogP contribution is -2.17. The lowest BCUT2D eigenvalue weighted by Gasteiger charge is -2.12. The number of rotatable bonds is 2. The van der Waals surface area contributed by atoms with Gasteiger partial charge in [-0.05, 0) is 26.7 Å². The predicted molar refractivity (Wildman–Crippen MR) is 42.5 cm³/mol. The van der Waals surface area contributed by atoms with Crippen LogP contribution in [-0.4, -0.2) is 24.4 Å². The lowest BCUT2D eigenvalue weighted by molar-refractivity contribution is -0.0000169. The Hall–Kier alpha value is -0.0800. The van der Waals surface area contributed by atoms with Gasteiger partial charge in [0.15, 0.2) is 0 Å². The second-order valence-corrected chi connectivity index (χ2v) is 4.00. The average molecular weight is 156 g/mol. The molecule has 2 rings (SSSR count). The van der Waals surface area contributed by atoms with Crippen LogP contribution in [0, 0.1) is 0 Å². The van der Waals surface area contributed by atoms with Crippen molar-refractivity contribution in [2.24, 2.45) is 0 Å². The lowest BCUT2D eigenvalue weighted by atomic mass is 10.2. The van der Waals surface area contributed by atoms with Crippen molar-refractivity contribution in [1.82, 2.24) is 0 Å². The third-order valence-electron chi connectivity index (χ3n) is 2.45. The molecular weight excluding hydrogens is 140 g/mol. The third kappa shape index (κ3) is 1.57. The molecule has 0 radical (unpaired) electrons. The summed E-state index contributed by atoms with van der Waals surface area (Å²) >= 11 is 0. The van der Waals surface area contributed by atoms with Gasteiger partial charge in [-0.1, -0.05) is 0 Å². The van der Waals surface area contributed by atoms with Gasteiger partial charge in [-0.2, -0.15) is 0 Å². The minimum Gasteiger partial charge on any atom is -0.373 e. The van der Waals surface area contributed by atoms with Gasteiger partial charge in [-0.25, -0.2) is 0 Å². The summed E-state index contributed by atoms with van der Waals surface area (Å²) in [6.45, 7) is 4.98. The highest BCUT2D eigenvalue weighted by Gasteiger charge is 2.50. The first-order valence-electron chi connectivity index (χ1n) is 4.50. The van der Waals surface area contributed by atoms with Crippen LogP contribution in [0.2, 0.25) is 0 Å². The Labute approximate surface area is 67.9 Å². The maximum atomic E-state index is 5.66. The molecule has 1 aliphatic carbocycles. The Balaban J connectivity index is 1.80. The molecule has 1 spiro atoms. The van der Waals surface area contributed by atoms with E-state index in [9.17, 15) is 0 Å². The molecule has 2 nitrogen and oxygen atoms in total. The molecule has 0 bridgehead atoms. The first-order chi connectivity index (χ1) is 5.20. The topological polar surface area (TPSA) is 18.5 Å². The molecule has 0 aromatic rings. The van der Waals surface area contributed by atoms with Crippen LogP contribution < -0.4 is 0 Å². The Kier molecular flexibility index (Phi) is 1.69. The zero-order valence-corrected chi connectivity index (χ0v) is 7.30. The van der Waals surface area contributed by atoms with E-state index in [1.165, 1.54) is 12.8 Å². The highest BCUT2D eigenvalue weighted by atomic mass is 16.6. The van der Waals surface area contributed by atoms with Gasteiger partial charge in [-0.15, -0.1) is 0 Å². The molecule has 1 heterocycles. The summed E-state index contributed by atoms with van der Waals surface area (Å²) in [5, 5.41) is 0. The van der Waals surface area contributed by atoms with Crippen LogP contribution in [0.4, 0.5) is 0 Å². The molecule has 64 valence electrons. The second kappa shape index (κ2) is 2.46. The van der Waals surface area contributed by atoms with Crippen molar-refractivity contribution in [3.63, 3.8) is 0 Å². The molecule has 2 aliphatic rings. The van der Waals surface area contributed by atoms with E-state index in [-0.39, 0.29) is 5.60 Å². The van der Waals surface area contributed by atoms with Crippen LogP contribution in [0.5, 0.6) is 0 Å².